The average Bonchev–Trinajstić information content (AvgIpc) is 2.35. The Morgan fingerprint density at radius 3 is 2.72 bits per heavy atom. The molecule has 4 nitrogen and oxygen atoms in total. The van der Waals surface area contributed by atoms with E-state index < -0.39 is 0 Å². The van der Waals surface area contributed by atoms with Crippen molar-refractivity contribution >= 4 is 11.6 Å². The molecule has 0 aromatic heterocycles. The van der Waals surface area contributed by atoms with Gasteiger partial charge in [-0.3, -0.25) is 4.79 Å². The Hall–Kier alpha value is -2.02. The van der Waals surface area contributed by atoms with E-state index in [4.69, 9.17) is 5.26 Å². The first-order valence-corrected chi connectivity index (χ1v) is 6.04. The van der Waals surface area contributed by atoms with E-state index in [1.54, 1.807) is 18.0 Å². The molecule has 1 aromatic carbocycles. The van der Waals surface area contributed by atoms with Crippen LogP contribution in [0.25, 0.3) is 0 Å². The number of hydrogen-bond donors (Lipinski definition) is 1. The highest BCUT2D eigenvalue weighted by Crippen LogP contribution is 2.17. The lowest BCUT2D eigenvalue weighted by atomic mass is 10.1. The van der Waals surface area contributed by atoms with Crippen molar-refractivity contribution < 1.29 is 4.79 Å². The van der Waals surface area contributed by atoms with Crippen molar-refractivity contribution in [1.29, 1.82) is 5.26 Å². The molecule has 1 rings (SSSR count). The predicted octanol–water partition coefficient (Wildman–Crippen LogP) is 2.49. The molecular formula is C14H19N3O. The Balaban J connectivity index is 2.88. The number of hydrogen-bond acceptors (Lipinski definition) is 3. The molecule has 1 N–H and O–H groups in total. The van der Waals surface area contributed by atoms with E-state index in [-0.39, 0.29) is 11.9 Å². The van der Waals surface area contributed by atoms with Crippen molar-refractivity contribution in [2.24, 2.45) is 0 Å². The van der Waals surface area contributed by atoms with Gasteiger partial charge in [0.1, 0.15) is 0 Å². The standard InChI is InChI=1S/C14H19N3O/c1-11(2)16-13-8-5-4-7-12(13)14(18)17(3)10-6-9-15/h4-5,7-8,11,16H,6,10H2,1-3H3. The largest absolute Gasteiger partial charge is 0.382 e. The van der Waals surface area contributed by atoms with Crippen LogP contribution in [0.5, 0.6) is 0 Å². The smallest absolute Gasteiger partial charge is 0.255 e. The molecule has 0 saturated carbocycles. The summed E-state index contributed by atoms with van der Waals surface area (Å²) in [5.41, 5.74) is 1.48. The van der Waals surface area contributed by atoms with E-state index in [0.29, 0.717) is 18.5 Å². The molecule has 0 aliphatic carbocycles. The third-order valence-corrected chi connectivity index (χ3v) is 2.51. The summed E-state index contributed by atoms with van der Waals surface area (Å²) >= 11 is 0. The molecule has 18 heavy (non-hydrogen) atoms. The number of para-hydroxylation sites is 1. The second-order valence-corrected chi connectivity index (χ2v) is 4.48. The molecule has 0 bridgehead atoms. The summed E-state index contributed by atoms with van der Waals surface area (Å²) in [5, 5.41) is 11.8. The SMILES string of the molecule is CC(C)Nc1ccccc1C(=O)N(C)CCC#N. The molecule has 0 aliphatic rings. The van der Waals surface area contributed by atoms with Crippen LogP contribution in [0.1, 0.15) is 30.6 Å². The minimum Gasteiger partial charge on any atom is -0.382 e. The Labute approximate surface area is 108 Å². The highest BCUT2D eigenvalue weighted by Gasteiger charge is 2.15. The summed E-state index contributed by atoms with van der Waals surface area (Å²) in [6.07, 6.45) is 0.349. The molecule has 0 fully saturated rings. The fourth-order valence-corrected chi connectivity index (χ4v) is 1.63. The van der Waals surface area contributed by atoms with Crippen molar-refractivity contribution in [3.05, 3.63) is 29.8 Å². The van der Waals surface area contributed by atoms with Crippen LogP contribution >= 0.6 is 0 Å². The van der Waals surface area contributed by atoms with Crippen LogP contribution in [0.15, 0.2) is 24.3 Å². The lowest BCUT2D eigenvalue weighted by molar-refractivity contribution is 0.0799. The second-order valence-electron chi connectivity index (χ2n) is 4.48. The van der Waals surface area contributed by atoms with E-state index in [0.717, 1.165) is 5.69 Å². The van der Waals surface area contributed by atoms with Gasteiger partial charge < -0.3 is 10.2 Å². The van der Waals surface area contributed by atoms with Gasteiger partial charge in [-0.25, -0.2) is 0 Å². The summed E-state index contributed by atoms with van der Waals surface area (Å²) in [7, 11) is 1.71. The highest BCUT2D eigenvalue weighted by atomic mass is 16.2. The minimum absolute atomic E-state index is 0.0611. The summed E-state index contributed by atoms with van der Waals surface area (Å²) in [6, 6.07) is 9.75. The van der Waals surface area contributed by atoms with Crippen LogP contribution in [0.4, 0.5) is 5.69 Å². The van der Waals surface area contributed by atoms with Gasteiger partial charge in [0, 0.05) is 25.3 Å². The van der Waals surface area contributed by atoms with Crippen molar-refractivity contribution in [3.63, 3.8) is 0 Å². The van der Waals surface area contributed by atoms with Crippen LogP contribution in [-0.2, 0) is 0 Å². The number of anilines is 1. The van der Waals surface area contributed by atoms with Crippen molar-refractivity contribution in [2.75, 3.05) is 18.9 Å². The van der Waals surface area contributed by atoms with Crippen molar-refractivity contribution in [1.82, 2.24) is 4.90 Å². The second kappa shape index (κ2) is 6.65. The monoisotopic (exact) mass is 245 g/mol. The number of amides is 1. The van der Waals surface area contributed by atoms with Gasteiger partial charge in [-0.15, -0.1) is 0 Å². The van der Waals surface area contributed by atoms with Gasteiger partial charge in [-0.2, -0.15) is 5.26 Å². The molecule has 0 saturated heterocycles. The van der Waals surface area contributed by atoms with Crippen molar-refractivity contribution in [2.45, 2.75) is 26.3 Å². The third-order valence-electron chi connectivity index (χ3n) is 2.51. The molecule has 0 atom stereocenters. The molecule has 0 spiro atoms. The maximum atomic E-state index is 12.2. The molecule has 0 radical (unpaired) electrons. The fourth-order valence-electron chi connectivity index (χ4n) is 1.63. The number of nitriles is 1. The molecule has 0 unspecified atom stereocenters. The maximum absolute atomic E-state index is 12.2. The van der Waals surface area contributed by atoms with E-state index in [1.165, 1.54) is 0 Å². The number of carbonyl (C=O) groups excluding carboxylic acids is 1. The van der Waals surface area contributed by atoms with E-state index in [9.17, 15) is 4.79 Å². The lowest BCUT2D eigenvalue weighted by Gasteiger charge is -2.19. The lowest BCUT2D eigenvalue weighted by Crippen LogP contribution is -2.28. The molecule has 0 heterocycles. The quantitative estimate of drug-likeness (QED) is 0.867. The number of nitrogens with zero attached hydrogens (tertiary/aromatic N) is 2. The molecule has 0 aliphatic heterocycles. The zero-order chi connectivity index (χ0) is 13.5. The van der Waals surface area contributed by atoms with Crippen LogP contribution in [-0.4, -0.2) is 30.4 Å². The molecular weight excluding hydrogens is 226 g/mol. The van der Waals surface area contributed by atoms with Gasteiger partial charge in [0.2, 0.25) is 0 Å². The van der Waals surface area contributed by atoms with Gasteiger partial charge in [0.25, 0.3) is 5.91 Å². The van der Waals surface area contributed by atoms with E-state index >= 15 is 0 Å². The average molecular weight is 245 g/mol. The zero-order valence-electron chi connectivity index (χ0n) is 11.1. The molecule has 1 amide bonds. The van der Waals surface area contributed by atoms with Gasteiger partial charge in [-0.05, 0) is 26.0 Å². The maximum Gasteiger partial charge on any atom is 0.255 e. The Bertz CT molecular complexity index is 449. The van der Waals surface area contributed by atoms with Crippen LogP contribution in [0.3, 0.4) is 0 Å². The molecule has 1 aromatic rings. The first kappa shape index (κ1) is 14.0. The fraction of sp³-hybridized carbons (Fsp3) is 0.429. The summed E-state index contributed by atoms with van der Waals surface area (Å²) in [5.74, 6) is -0.0611. The summed E-state index contributed by atoms with van der Waals surface area (Å²) < 4.78 is 0. The molecule has 4 heteroatoms. The van der Waals surface area contributed by atoms with Gasteiger partial charge in [-0.1, -0.05) is 12.1 Å². The summed E-state index contributed by atoms with van der Waals surface area (Å²) in [4.78, 5) is 13.8. The normalized spacial score (nSPS) is 9.94. The highest BCUT2D eigenvalue weighted by molar-refractivity contribution is 5.99. The Kier molecular flexibility index (Phi) is 5.19. The number of carbonyl (C=O) groups is 1. The topological polar surface area (TPSA) is 56.1 Å². The summed E-state index contributed by atoms with van der Waals surface area (Å²) in [6.45, 7) is 4.51. The van der Waals surface area contributed by atoms with Gasteiger partial charge >= 0.3 is 0 Å². The Morgan fingerprint density at radius 2 is 2.11 bits per heavy atom. The molecule has 96 valence electrons. The minimum atomic E-state index is -0.0611. The van der Waals surface area contributed by atoms with Crippen LogP contribution in [0.2, 0.25) is 0 Å². The van der Waals surface area contributed by atoms with Crippen LogP contribution < -0.4 is 5.32 Å². The van der Waals surface area contributed by atoms with Gasteiger partial charge in [0.15, 0.2) is 0 Å². The van der Waals surface area contributed by atoms with E-state index in [1.807, 2.05) is 38.1 Å². The first-order chi connectivity index (χ1) is 8.56. The zero-order valence-corrected chi connectivity index (χ0v) is 11.1. The number of benzene rings is 1. The van der Waals surface area contributed by atoms with Crippen LogP contribution in [0, 0.1) is 11.3 Å². The predicted molar refractivity (Wildman–Crippen MR) is 72.4 cm³/mol. The van der Waals surface area contributed by atoms with E-state index in [2.05, 4.69) is 5.32 Å². The van der Waals surface area contributed by atoms with Crippen molar-refractivity contribution in [3.8, 4) is 6.07 Å². The first-order valence-electron chi connectivity index (χ1n) is 6.04. The number of nitrogens with one attached hydrogen (secondary N) is 1. The van der Waals surface area contributed by atoms with Gasteiger partial charge in [0.05, 0.1) is 18.1 Å². The number of rotatable bonds is 5. The Morgan fingerprint density at radius 1 is 1.44 bits per heavy atom. The third kappa shape index (κ3) is 3.77.